The minimum atomic E-state index is -1.03. The van der Waals surface area contributed by atoms with Gasteiger partial charge >= 0.3 is 5.97 Å². The normalized spacial score (nSPS) is 18.1. The highest BCUT2D eigenvalue weighted by atomic mass is 16.4. The number of hydrogen-bond acceptors (Lipinski definition) is 4. The van der Waals surface area contributed by atoms with E-state index in [0.29, 0.717) is 12.2 Å². The summed E-state index contributed by atoms with van der Waals surface area (Å²) in [6.45, 7) is 3.17. The van der Waals surface area contributed by atoms with Gasteiger partial charge in [0.2, 0.25) is 5.91 Å². The summed E-state index contributed by atoms with van der Waals surface area (Å²) in [5.74, 6) is -0.993. The van der Waals surface area contributed by atoms with Gasteiger partial charge in [0.05, 0.1) is 40.9 Å². The highest BCUT2D eigenvalue weighted by molar-refractivity contribution is 6.08. The second kappa shape index (κ2) is 5.68. The number of amides is 1. The van der Waals surface area contributed by atoms with Crippen molar-refractivity contribution in [3.8, 4) is 0 Å². The second-order valence-corrected chi connectivity index (χ2v) is 6.75. The van der Waals surface area contributed by atoms with Crippen LogP contribution in [-0.2, 0) is 23.3 Å². The third-order valence-corrected chi connectivity index (χ3v) is 5.43. The van der Waals surface area contributed by atoms with Crippen molar-refractivity contribution < 1.29 is 14.7 Å². The molecule has 1 aliphatic heterocycles. The van der Waals surface area contributed by atoms with Crippen LogP contribution in [0.4, 0.5) is 5.69 Å². The zero-order valence-electron chi connectivity index (χ0n) is 14.1. The van der Waals surface area contributed by atoms with Gasteiger partial charge in [0, 0.05) is 18.9 Å². The fourth-order valence-electron chi connectivity index (χ4n) is 4.13. The number of carbonyl (C=O) groups excluding carboxylic acids is 1. The maximum atomic E-state index is 13.3. The molecule has 7 nitrogen and oxygen atoms in total. The van der Waals surface area contributed by atoms with E-state index in [1.54, 1.807) is 23.5 Å². The topological polar surface area (TPSA) is 88.3 Å². The summed E-state index contributed by atoms with van der Waals surface area (Å²) in [7, 11) is 0. The van der Waals surface area contributed by atoms with Crippen molar-refractivity contribution in [1.82, 2.24) is 14.5 Å². The highest BCUT2D eigenvalue weighted by Crippen LogP contribution is 2.50. The predicted octanol–water partition coefficient (Wildman–Crippen LogP) is 2.35. The van der Waals surface area contributed by atoms with E-state index >= 15 is 0 Å². The smallest absolute Gasteiger partial charge is 0.337 e. The number of aryl methyl sites for hydroxylation is 1. The number of carboxylic acid groups (broad SMARTS) is 1. The molecule has 3 heterocycles. The van der Waals surface area contributed by atoms with Crippen molar-refractivity contribution in [2.45, 2.75) is 51.1 Å². The van der Waals surface area contributed by atoms with Crippen molar-refractivity contribution in [3.63, 3.8) is 0 Å². The van der Waals surface area contributed by atoms with Crippen LogP contribution in [0.15, 0.2) is 24.8 Å². The van der Waals surface area contributed by atoms with Crippen molar-refractivity contribution in [1.29, 1.82) is 0 Å². The Kier molecular flexibility index (Phi) is 3.59. The number of aromatic carboxylic acids is 1. The fourth-order valence-corrected chi connectivity index (χ4v) is 4.13. The highest BCUT2D eigenvalue weighted by Gasteiger charge is 2.53. The van der Waals surface area contributed by atoms with Gasteiger partial charge in [-0.15, -0.1) is 0 Å². The molecule has 2 aromatic rings. The molecule has 1 amide bonds. The Morgan fingerprint density at radius 1 is 1.32 bits per heavy atom. The molecule has 0 saturated heterocycles. The minimum absolute atomic E-state index is 0.0406. The standard InChI is InChI=1S/C18H20N4O3/c1-2-21-11-19-9-13(21)10-22-14-7-12(16(23)24)8-20-15(14)18(17(22)25)5-3-4-6-18/h7-9,11H,2-6,10H2,1H3,(H,23,24). The Balaban J connectivity index is 1.81. The Labute approximate surface area is 145 Å². The summed E-state index contributed by atoms with van der Waals surface area (Å²) in [4.78, 5) is 35.0. The molecule has 25 heavy (non-hydrogen) atoms. The average molecular weight is 340 g/mol. The molecule has 1 N–H and O–H groups in total. The Bertz CT molecular complexity index is 852. The first-order valence-electron chi connectivity index (χ1n) is 8.61. The molecule has 1 fully saturated rings. The molecule has 1 spiro atoms. The number of fused-ring (bicyclic) bond motifs is 2. The van der Waals surface area contributed by atoms with E-state index in [9.17, 15) is 14.7 Å². The molecule has 7 heteroatoms. The molecule has 0 aromatic carbocycles. The first-order chi connectivity index (χ1) is 12.1. The Morgan fingerprint density at radius 2 is 2.08 bits per heavy atom. The maximum absolute atomic E-state index is 13.3. The third kappa shape index (κ3) is 2.26. The van der Waals surface area contributed by atoms with Crippen LogP contribution in [-0.4, -0.2) is 31.5 Å². The lowest BCUT2D eigenvalue weighted by Gasteiger charge is -2.23. The van der Waals surface area contributed by atoms with Gasteiger partial charge in [-0.25, -0.2) is 9.78 Å². The summed E-state index contributed by atoms with van der Waals surface area (Å²) in [6, 6.07) is 1.59. The third-order valence-electron chi connectivity index (χ3n) is 5.43. The largest absolute Gasteiger partial charge is 0.478 e. The molecule has 1 aliphatic carbocycles. The number of aromatic nitrogens is 3. The van der Waals surface area contributed by atoms with Gasteiger partial charge in [-0.1, -0.05) is 12.8 Å². The van der Waals surface area contributed by atoms with E-state index < -0.39 is 11.4 Å². The lowest BCUT2D eigenvalue weighted by molar-refractivity contribution is -0.123. The van der Waals surface area contributed by atoms with Gasteiger partial charge in [0.25, 0.3) is 0 Å². The zero-order valence-corrected chi connectivity index (χ0v) is 14.1. The van der Waals surface area contributed by atoms with Gasteiger partial charge in [-0.2, -0.15) is 0 Å². The van der Waals surface area contributed by atoms with E-state index in [2.05, 4.69) is 9.97 Å². The van der Waals surface area contributed by atoms with E-state index in [1.165, 1.54) is 6.20 Å². The van der Waals surface area contributed by atoms with Crippen molar-refractivity contribution in [2.24, 2.45) is 0 Å². The van der Waals surface area contributed by atoms with E-state index in [-0.39, 0.29) is 11.5 Å². The molecule has 0 bridgehead atoms. The molecule has 2 aliphatic rings. The number of imidazole rings is 1. The number of rotatable bonds is 4. The van der Waals surface area contributed by atoms with Crippen LogP contribution in [0.3, 0.4) is 0 Å². The molecule has 0 unspecified atom stereocenters. The van der Waals surface area contributed by atoms with E-state index in [1.807, 2.05) is 11.5 Å². The zero-order chi connectivity index (χ0) is 17.6. The Morgan fingerprint density at radius 3 is 2.76 bits per heavy atom. The summed E-state index contributed by atoms with van der Waals surface area (Å²) in [5.41, 5.74) is 1.83. The average Bonchev–Trinajstić information content (AvgIpc) is 3.32. The number of nitrogens with zero attached hydrogens (tertiary/aromatic N) is 4. The quantitative estimate of drug-likeness (QED) is 0.923. The van der Waals surface area contributed by atoms with E-state index in [0.717, 1.165) is 43.6 Å². The summed E-state index contributed by atoms with van der Waals surface area (Å²) < 4.78 is 1.99. The van der Waals surface area contributed by atoms with Gasteiger partial charge in [-0.05, 0) is 25.8 Å². The van der Waals surface area contributed by atoms with Crippen LogP contribution in [0.2, 0.25) is 0 Å². The molecule has 1 saturated carbocycles. The summed E-state index contributed by atoms with van der Waals surface area (Å²) in [5, 5.41) is 9.31. The molecule has 2 aromatic heterocycles. The molecule has 0 radical (unpaired) electrons. The molecule has 0 atom stereocenters. The summed E-state index contributed by atoms with van der Waals surface area (Å²) in [6.07, 6.45) is 8.42. The van der Waals surface area contributed by atoms with Crippen LogP contribution < -0.4 is 4.90 Å². The van der Waals surface area contributed by atoms with Crippen LogP contribution in [0, 0.1) is 0 Å². The lowest BCUT2D eigenvalue weighted by Crippen LogP contribution is -2.38. The van der Waals surface area contributed by atoms with Crippen molar-refractivity contribution >= 4 is 17.6 Å². The minimum Gasteiger partial charge on any atom is -0.478 e. The maximum Gasteiger partial charge on any atom is 0.337 e. The van der Waals surface area contributed by atoms with Gasteiger partial charge in [-0.3, -0.25) is 9.78 Å². The molecular weight excluding hydrogens is 320 g/mol. The van der Waals surface area contributed by atoms with E-state index in [4.69, 9.17) is 0 Å². The van der Waals surface area contributed by atoms with Crippen LogP contribution in [0.5, 0.6) is 0 Å². The monoisotopic (exact) mass is 340 g/mol. The lowest BCUT2D eigenvalue weighted by atomic mass is 9.83. The van der Waals surface area contributed by atoms with Crippen molar-refractivity contribution in [2.75, 3.05) is 4.90 Å². The Hall–Kier alpha value is -2.70. The number of pyridine rings is 1. The number of carboxylic acids is 1. The van der Waals surface area contributed by atoms with Crippen LogP contribution in [0.1, 0.15) is 54.4 Å². The molecule has 4 rings (SSSR count). The van der Waals surface area contributed by atoms with Gasteiger partial charge in [0.15, 0.2) is 0 Å². The van der Waals surface area contributed by atoms with Gasteiger partial charge in [0.1, 0.15) is 0 Å². The second-order valence-electron chi connectivity index (χ2n) is 6.75. The van der Waals surface area contributed by atoms with Gasteiger partial charge < -0.3 is 14.6 Å². The van der Waals surface area contributed by atoms with Crippen LogP contribution >= 0.6 is 0 Å². The number of anilines is 1. The number of carbonyl (C=O) groups is 2. The van der Waals surface area contributed by atoms with Crippen LogP contribution in [0.25, 0.3) is 0 Å². The SMILES string of the molecule is CCn1cncc1CN1C(=O)C2(CCCC2)c2ncc(C(=O)O)cc21. The molecule has 130 valence electrons. The van der Waals surface area contributed by atoms with Crippen molar-refractivity contribution in [3.05, 3.63) is 41.7 Å². The first kappa shape index (κ1) is 15.8. The number of hydrogen-bond donors (Lipinski definition) is 1. The predicted molar refractivity (Wildman–Crippen MR) is 90.4 cm³/mol. The first-order valence-corrected chi connectivity index (χ1v) is 8.61. The summed E-state index contributed by atoms with van der Waals surface area (Å²) >= 11 is 0. The molecular formula is C18H20N4O3. The fraction of sp³-hybridized carbons (Fsp3) is 0.444.